The summed E-state index contributed by atoms with van der Waals surface area (Å²) >= 11 is 0. The number of hydrogen-bond acceptors (Lipinski definition) is 5. The molecule has 2 unspecified atom stereocenters. The van der Waals surface area contributed by atoms with Crippen LogP contribution < -0.4 is 21.8 Å². The number of nitrogens with zero attached hydrogens (tertiary/aromatic N) is 3. The van der Waals surface area contributed by atoms with E-state index in [4.69, 9.17) is 5.73 Å². The summed E-state index contributed by atoms with van der Waals surface area (Å²) in [5, 5.41) is 21.1. The largest absolute Gasteiger partial charge is 0.367 e. The van der Waals surface area contributed by atoms with Gasteiger partial charge in [-0.15, -0.1) is 5.10 Å². The van der Waals surface area contributed by atoms with Crippen molar-refractivity contribution < 1.29 is 0 Å². The number of hydrazone groups is 1. The first-order valence-corrected chi connectivity index (χ1v) is 12.3. The van der Waals surface area contributed by atoms with Crippen molar-refractivity contribution in [3.63, 3.8) is 0 Å². The van der Waals surface area contributed by atoms with Crippen LogP contribution in [0.4, 0.5) is 0 Å². The van der Waals surface area contributed by atoms with Crippen LogP contribution in [-0.4, -0.2) is 39.5 Å². The predicted octanol–water partition coefficient (Wildman–Crippen LogP) is 4.54. The SMILES string of the molecule is CC(C)CC1(C)C/C(=N/N=C(N)N/N=C2\CC(C)(C)NC(C)(CC(C)C)C2)CC(C)(C)N1. The molecule has 0 aromatic rings. The van der Waals surface area contributed by atoms with Crippen LogP contribution in [-0.2, 0) is 0 Å². The van der Waals surface area contributed by atoms with E-state index in [0.717, 1.165) is 49.9 Å². The average molecular weight is 448 g/mol. The lowest BCUT2D eigenvalue weighted by Crippen LogP contribution is -2.60. The van der Waals surface area contributed by atoms with E-state index >= 15 is 0 Å². The number of nitrogens with one attached hydrogen (secondary N) is 3. The van der Waals surface area contributed by atoms with E-state index < -0.39 is 0 Å². The molecule has 0 bridgehead atoms. The van der Waals surface area contributed by atoms with Crippen molar-refractivity contribution in [3.8, 4) is 0 Å². The molecule has 2 heterocycles. The van der Waals surface area contributed by atoms with Gasteiger partial charge in [-0.05, 0) is 66.2 Å². The molecule has 0 aromatic heterocycles. The fourth-order valence-corrected chi connectivity index (χ4v) is 6.34. The zero-order valence-corrected chi connectivity index (χ0v) is 22.3. The van der Waals surface area contributed by atoms with Gasteiger partial charge < -0.3 is 16.4 Å². The Balaban J connectivity index is 2.10. The normalized spacial score (nSPS) is 33.3. The minimum atomic E-state index is -0.0137. The van der Waals surface area contributed by atoms with Gasteiger partial charge in [0.05, 0.1) is 0 Å². The Kier molecular flexibility index (Phi) is 8.20. The van der Waals surface area contributed by atoms with Crippen molar-refractivity contribution in [2.45, 2.75) is 130 Å². The second-order valence-electron chi connectivity index (χ2n) is 13.0. The van der Waals surface area contributed by atoms with Crippen LogP contribution in [0.1, 0.15) is 108 Å². The Bertz CT molecular complexity index is 747. The lowest BCUT2D eigenvalue weighted by molar-refractivity contribution is 0.202. The quantitative estimate of drug-likeness (QED) is 0.273. The molecule has 2 atom stereocenters. The molecule has 2 rings (SSSR count). The van der Waals surface area contributed by atoms with Crippen LogP contribution >= 0.6 is 0 Å². The molecule has 0 spiro atoms. The molecule has 2 aliphatic rings. The number of piperidine rings is 2. The summed E-state index contributed by atoms with van der Waals surface area (Å²) in [6.07, 6.45) is 5.72. The smallest absolute Gasteiger partial charge is 0.234 e. The average Bonchev–Trinajstić information content (AvgIpc) is 2.52. The standard InChI is InChI=1S/C25H49N7/c1-17(2)11-24(9)15-19(13-22(5,6)31-24)27-29-21(26)30-28-20-14-23(7,8)32-25(10,16-20)12-18(3)4/h17-18,31-32H,11-16H2,1-10H3,(H3,26,29,30)/b27-19+,28-20+. The molecule has 7 nitrogen and oxygen atoms in total. The molecule has 0 radical (unpaired) electrons. The summed E-state index contributed by atoms with van der Waals surface area (Å²) in [6, 6.07) is 0. The minimum absolute atomic E-state index is 0.00388. The van der Waals surface area contributed by atoms with E-state index in [9.17, 15) is 0 Å². The Hall–Kier alpha value is -1.47. The first-order chi connectivity index (χ1) is 14.5. The summed E-state index contributed by atoms with van der Waals surface area (Å²) in [5.41, 5.74) is 11.3. The lowest BCUT2D eigenvalue weighted by atomic mass is 9.76. The van der Waals surface area contributed by atoms with Crippen molar-refractivity contribution >= 4 is 17.4 Å². The molecule has 0 aliphatic carbocycles. The molecule has 0 saturated carbocycles. The summed E-state index contributed by atoms with van der Waals surface area (Å²) in [6.45, 7) is 22.6. The Labute approximate surface area is 196 Å². The third-order valence-corrected chi connectivity index (χ3v) is 6.11. The van der Waals surface area contributed by atoms with E-state index in [1.807, 2.05) is 0 Å². The van der Waals surface area contributed by atoms with Gasteiger partial charge in [-0.2, -0.15) is 10.2 Å². The van der Waals surface area contributed by atoms with Crippen molar-refractivity contribution in [1.29, 1.82) is 0 Å². The van der Waals surface area contributed by atoms with Gasteiger partial charge in [0, 0.05) is 59.3 Å². The van der Waals surface area contributed by atoms with E-state index in [1.54, 1.807) is 0 Å². The molecule has 32 heavy (non-hydrogen) atoms. The van der Waals surface area contributed by atoms with Crippen LogP contribution in [0.15, 0.2) is 15.3 Å². The maximum absolute atomic E-state index is 6.13. The van der Waals surface area contributed by atoms with E-state index in [0.29, 0.717) is 11.8 Å². The van der Waals surface area contributed by atoms with Crippen LogP contribution in [0.3, 0.4) is 0 Å². The molecule has 2 saturated heterocycles. The number of nitrogens with two attached hydrogens (primary N) is 1. The molecular formula is C25H49N7. The maximum Gasteiger partial charge on any atom is 0.234 e. The highest BCUT2D eigenvalue weighted by Crippen LogP contribution is 2.32. The molecule has 184 valence electrons. The van der Waals surface area contributed by atoms with Crippen molar-refractivity contribution in [3.05, 3.63) is 0 Å². The van der Waals surface area contributed by atoms with Crippen LogP contribution in [0, 0.1) is 11.8 Å². The Morgan fingerprint density at radius 2 is 1.25 bits per heavy atom. The van der Waals surface area contributed by atoms with Crippen molar-refractivity contribution in [2.24, 2.45) is 32.9 Å². The van der Waals surface area contributed by atoms with Gasteiger partial charge in [0.2, 0.25) is 5.96 Å². The second-order valence-corrected chi connectivity index (χ2v) is 13.0. The summed E-state index contributed by atoms with van der Waals surface area (Å²) in [5.74, 6) is 1.48. The van der Waals surface area contributed by atoms with Crippen LogP contribution in [0.2, 0.25) is 0 Å². The van der Waals surface area contributed by atoms with Crippen molar-refractivity contribution in [2.75, 3.05) is 0 Å². The second kappa shape index (κ2) is 9.80. The molecule has 0 amide bonds. The fourth-order valence-electron chi connectivity index (χ4n) is 6.34. The van der Waals surface area contributed by atoms with Crippen LogP contribution in [0.25, 0.3) is 0 Å². The Morgan fingerprint density at radius 1 is 0.812 bits per heavy atom. The lowest BCUT2D eigenvalue weighted by Gasteiger charge is -2.46. The van der Waals surface area contributed by atoms with Gasteiger partial charge in [-0.1, -0.05) is 27.7 Å². The fraction of sp³-hybridized carbons (Fsp3) is 0.880. The van der Waals surface area contributed by atoms with Gasteiger partial charge >= 0.3 is 0 Å². The zero-order chi connectivity index (χ0) is 24.4. The highest BCUT2D eigenvalue weighted by Gasteiger charge is 2.40. The summed E-state index contributed by atoms with van der Waals surface area (Å²) in [4.78, 5) is 0. The maximum atomic E-state index is 6.13. The van der Waals surface area contributed by atoms with Gasteiger partial charge in [0.15, 0.2) is 0 Å². The highest BCUT2D eigenvalue weighted by atomic mass is 15.4. The van der Waals surface area contributed by atoms with Gasteiger partial charge in [-0.3, -0.25) is 0 Å². The Morgan fingerprint density at radius 3 is 1.72 bits per heavy atom. The zero-order valence-electron chi connectivity index (χ0n) is 22.3. The summed E-state index contributed by atoms with van der Waals surface area (Å²) in [7, 11) is 0. The first kappa shape index (κ1) is 26.8. The van der Waals surface area contributed by atoms with Gasteiger partial charge in [0.1, 0.15) is 0 Å². The van der Waals surface area contributed by atoms with E-state index in [2.05, 4.69) is 101 Å². The number of rotatable bonds is 6. The third-order valence-electron chi connectivity index (χ3n) is 6.11. The minimum Gasteiger partial charge on any atom is -0.367 e. The molecule has 2 fully saturated rings. The monoisotopic (exact) mass is 447 g/mol. The van der Waals surface area contributed by atoms with E-state index in [-0.39, 0.29) is 28.1 Å². The molecule has 2 aliphatic heterocycles. The number of guanidine groups is 1. The number of hydrogen-bond donors (Lipinski definition) is 4. The molecule has 7 heteroatoms. The molecular weight excluding hydrogens is 398 g/mol. The highest BCUT2D eigenvalue weighted by molar-refractivity contribution is 5.90. The molecule has 0 aromatic carbocycles. The first-order valence-electron chi connectivity index (χ1n) is 12.3. The third kappa shape index (κ3) is 8.47. The summed E-state index contributed by atoms with van der Waals surface area (Å²) < 4.78 is 0. The molecule has 5 N–H and O–H groups in total. The topological polar surface area (TPSA) is 99.2 Å². The van der Waals surface area contributed by atoms with Gasteiger partial charge in [0.25, 0.3) is 0 Å². The predicted molar refractivity (Wildman–Crippen MR) is 138 cm³/mol. The van der Waals surface area contributed by atoms with E-state index in [1.165, 1.54) is 0 Å². The van der Waals surface area contributed by atoms with Gasteiger partial charge in [-0.25, -0.2) is 5.43 Å². The van der Waals surface area contributed by atoms with Crippen molar-refractivity contribution in [1.82, 2.24) is 16.1 Å². The van der Waals surface area contributed by atoms with Crippen LogP contribution in [0.5, 0.6) is 0 Å².